The highest BCUT2D eigenvalue weighted by atomic mass is 19.2. The lowest BCUT2D eigenvalue weighted by molar-refractivity contribution is -0.175. The Hall–Kier alpha value is -1.84. The van der Waals surface area contributed by atoms with Crippen molar-refractivity contribution in [3.8, 4) is 0 Å². The molecule has 3 atom stereocenters. The molecular weight excluding hydrogens is 355 g/mol. The van der Waals surface area contributed by atoms with Crippen molar-refractivity contribution in [1.82, 2.24) is 4.90 Å². The topological polar surface area (TPSA) is 90.2 Å². The predicted octanol–water partition coefficient (Wildman–Crippen LogP) is 2.44. The average molecular weight is 377 g/mol. The number of carboxylic acid groups (broad SMARTS) is 1. The van der Waals surface area contributed by atoms with Crippen LogP contribution >= 0.6 is 0 Å². The molecule has 1 aliphatic rings. The van der Waals surface area contributed by atoms with E-state index in [2.05, 4.69) is 0 Å². The van der Waals surface area contributed by atoms with Gasteiger partial charge in [-0.15, -0.1) is 0 Å². The number of amides is 1. The van der Waals surface area contributed by atoms with Crippen LogP contribution in [0.5, 0.6) is 0 Å². The van der Waals surface area contributed by atoms with Gasteiger partial charge >= 0.3 is 6.09 Å². The minimum absolute atomic E-state index is 0.268. The van der Waals surface area contributed by atoms with Gasteiger partial charge in [0.25, 0.3) is 0 Å². The van der Waals surface area contributed by atoms with Gasteiger partial charge in [0, 0.05) is 17.5 Å². The third kappa shape index (κ3) is 3.79. The molecule has 6 nitrogen and oxygen atoms in total. The molecular formula is C17H22F3NO5. The molecule has 0 saturated carbocycles. The van der Waals surface area contributed by atoms with E-state index in [1.807, 2.05) is 0 Å². The summed E-state index contributed by atoms with van der Waals surface area (Å²) in [5.74, 6) is -4.55. The number of halogens is 3. The molecule has 0 radical (unpaired) electrons. The number of hydrogen-bond donors (Lipinski definition) is 3. The first kappa shape index (κ1) is 20.5. The van der Waals surface area contributed by atoms with E-state index in [1.54, 1.807) is 20.8 Å². The van der Waals surface area contributed by atoms with Crippen molar-refractivity contribution in [2.75, 3.05) is 13.2 Å². The molecule has 1 amide bonds. The second-order valence-electron chi connectivity index (χ2n) is 7.47. The number of hydrogen-bond acceptors (Lipinski definition) is 4. The molecule has 9 heteroatoms. The van der Waals surface area contributed by atoms with Crippen LogP contribution in [-0.4, -0.2) is 56.7 Å². The van der Waals surface area contributed by atoms with Crippen molar-refractivity contribution in [3.05, 3.63) is 35.1 Å². The van der Waals surface area contributed by atoms with Crippen molar-refractivity contribution < 1.29 is 38.0 Å². The lowest BCUT2D eigenvalue weighted by Crippen LogP contribution is -2.60. The molecule has 146 valence electrons. The van der Waals surface area contributed by atoms with Gasteiger partial charge in [-0.25, -0.2) is 18.0 Å². The van der Waals surface area contributed by atoms with Crippen LogP contribution in [0.25, 0.3) is 0 Å². The van der Waals surface area contributed by atoms with Crippen molar-refractivity contribution in [2.45, 2.75) is 50.5 Å². The van der Waals surface area contributed by atoms with Gasteiger partial charge in [0.05, 0.1) is 19.3 Å². The molecule has 1 fully saturated rings. The maximum atomic E-state index is 14.3. The molecule has 1 aromatic carbocycles. The molecule has 0 aliphatic carbocycles. The standard InChI is InChI=1S/C17H22F3NO5/c1-16(2,3)21(15(23)24)11-6-17(25,7-22)8-26-14(11)9-4-5-10(18)13(20)12(9)19/h4-5,11,14,22,25H,6-8H2,1-3H3,(H,23,24)/t11-,14+,17?/m0/s1. The minimum atomic E-state index is -1.74. The van der Waals surface area contributed by atoms with Gasteiger partial charge in [0.2, 0.25) is 0 Å². The molecule has 2 rings (SSSR count). The van der Waals surface area contributed by atoms with E-state index in [-0.39, 0.29) is 12.0 Å². The number of benzene rings is 1. The van der Waals surface area contributed by atoms with E-state index in [4.69, 9.17) is 4.74 Å². The molecule has 1 aromatic rings. The summed E-state index contributed by atoms with van der Waals surface area (Å²) < 4.78 is 46.6. The predicted molar refractivity (Wildman–Crippen MR) is 85.1 cm³/mol. The third-order valence-electron chi connectivity index (χ3n) is 4.40. The molecule has 0 aromatic heterocycles. The lowest BCUT2D eigenvalue weighted by Gasteiger charge is -2.48. The van der Waals surface area contributed by atoms with Crippen LogP contribution in [0.2, 0.25) is 0 Å². The van der Waals surface area contributed by atoms with Gasteiger partial charge in [0.1, 0.15) is 11.7 Å². The molecule has 1 saturated heterocycles. The summed E-state index contributed by atoms with van der Waals surface area (Å²) in [4.78, 5) is 12.8. The second kappa shape index (κ2) is 7.05. The molecule has 3 N–H and O–H groups in total. The SMILES string of the molecule is CC(C)(C)N(C(=O)O)[C@H]1CC(O)(CO)CO[C@@H]1c1ccc(F)c(F)c1F. The first-order valence-electron chi connectivity index (χ1n) is 8.02. The number of aliphatic hydroxyl groups is 2. The summed E-state index contributed by atoms with van der Waals surface area (Å²) in [6.45, 7) is 3.65. The Bertz CT molecular complexity index is 694. The maximum absolute atomic E-state index is 14.3. The van der Waals surface area contributed by atoms with Gasteiger partial charge in [-0.1, -0.05) is 6.07 Å². The van der Waals surface area contributed by atoms with Gasteiger partial charge in [-0.3, -0.25) is 4.90 Å². The van der Waals surface area contributed by atoms with Crippen molar-refractivity contribution in [2.24, 2.45) is 0 Å². The van der Waals surface area contributed by atoms with Crippen LogP contribution in [0, 0.1) is 17.5 Å². The summed E-state index contributed by atoms with van der Waals surface area (Å²) in [5.41, 5.74) is -3.07. The van der Waals surface area contributed by atoms with E-state index in [0.717, 1.165) is 17.0 Å². The molecule has 1 aliphatic heterocycles. The minimum Gasteiger partial charge on any atom is -0.465 e. The van der Waals surface area contributed by atoms with Gasteiger partial charge in [-0.05, 0) is 26.8 Å². The second-order valence-corrected chi connectivity index (χ2v) is 7.47. The van der Waals surface area contributed by atoms with Crippen molar-refractivity contribution >= 4 is 6.09 Å². The number of nitrogens with zero attached hydrogens (tertiary/aromatic N) is 1. The lowest BCUT2D eigenvalue weighted by atomic mass is 9.84. The summed E-state index contributed by atoms with van der Waals surface area (Å²) >= 11 is 0. The van der Waals surface area contributed by atoms with E-state index in [9.17, 15) is 33.3 Å². The fourth-order valence-corrected chi connectivity index (χ4v) is 3.23. The van der Waals surface area contributed by atoms with Crippen LogP contribution in [0.4, 0.5) is 18.0 Å². The van der Waals surface area contributed by atoms with Crippen molar-refractivity contribution in [3.63, 3.8) is 0 Å². The summed E-state index contributed by atoms with van der Waals surface area (Å²) in [7, 11) is 0. The average Bonchev–Trinajstić information content (AvgIpc) is 2.52. The van der Waals surface area contributed by atoms with E-state index >= 15 is 0 Å². The zero-order valence-electron chi connectivity index (χ0n) is 14.7. The fourth-order valence-electron chi connectivity index (χ4n) is 3.23. The largest absolute Gasteiger partial charge is 0.465 e. The Labute approximate surface area is 148 Å². The zero-order valence-corrected chi connectivity index (χ0v) is 14.7. The summed E-state index contributed by atoms with van der Waals surface area (Å²) in [5, 5.41) is 29.4. The van der Waals surface area contributed by atoms with Crippen molar-refractivity contribution in [1.29, 1.82) is 0 Å². The first-order valence-corrected chi connectivity index (χ1v) is 8.02. The quantitative estimate of drug-likeness (QED) is 0.704. The van der Waals surface area contributed by atoms with Crippen LogP contribution in [0.3, 0.4) is 0 Å². The monoisotopic (exact) mass is 377 g/mol. The van der Waals surface area contributed by atoms with Crippen LogP contribution in [-0.2, 0) is 4.74 Å². The third-order valence-corrected chi connectivity index (χ3v) is 4.40. The van der Waals surface area contributed by atoms with Crippen LogP contribution in [0.1, 0.15) is 38.9 Å². The molecule has 1 heterocycles. The van der Waals surface area contributed by atoms with Crippen LogP contribution < -0.4 is 0 Å². The highest BCUT2D eigenvalue weighted by Gasteiger charge is 2.48. The molecule has 1 unspecified atom stereocenters. The van der Waals surface area contributed by atoms with E-state index in [0.29, 0.717) is 0 Å². The van der Waals surface area contributed by atoms with Gasteiger partial charge in [-0.2, -0.15) is 0 Å². The normalized spacial score (nSPS) is 26.6. The summed E-state index contributed by atoms with van der Waals surface area (Å²) in [6, 6.07) is 0.568. The number of ether oxygens (including phenoxy) is 1. The molecule has 0 spiro atoms. The highest BCUT2D eigenvalue weighted by Crippen LogP contribution is 2.40. The number of rotatable bonds is 3. The van der Waals surface area contributed by atoms with E-state index in [1.165, 1.54) is 0 Å². The van der Waals surface area contributed by atoms with Gasteiger partial charge < -0.3 is 20.1 Å². The zero-order chi connectivity index (χ0) is 19.9. The Kier molecular flexibility index (Phi) is 5.55. The first-order chi connectivity index (χ1) is 11.9. The Morgan fingerprint density at radius 1 is 1.31 bits per heavy atom. The molecule has 26 heavy (non-hydrogen) atoms. The fraction of sp³-hybridized carbons (Fsp3) is 0.588. The molecule has 0 bridgehead atoms. The number of carbonyl (C=O) groups is 1. The smallest absolute Gasteiger partial charge is 0.408 e. The Morgan fingerprint density at radius 3 is 2.42 bits per heavy atom. The number of aliphatic hydroxyl groups excluding tert-OH is 1. The Balaban J connectivity index is 2.56. The summed E-state index contributed by atoms with van der Waals surface area (Å²) in [6.07, 6.45) is -2.91. The van der Waals surface area contributed by atoms with E-state index < -0.39 is 60.0 Å². The Morgan fingerprint density at radius 2 is 1.92 bits per heavy atom. The van der Waals surface area contributed by atoms with Crippen LogP contribution in [0.15, 0.2) is 12.1 Å². The highest BCUT2D eigenvalue weighted by molar-refractivity contribution is 5.66. The van der Waals surface area contributed by atoms with Gasteiger partial charge in [0.15, 0.2) is 17.5 Å². The maximum Gasteiger partial charge on any atom is 0.408 e.